The summed E-state index contributed by atoms with van der Waals surface area (Å²) in [7, 11) is 1.68. The SMILES string of the molecule is COc1ccc(N2CCN(C(=O)CCC3CCN(c4cc(NC5CC5)ncn4)CC3)CC2)cc1. The van der Waals surface area contributed by atoms with Crippen LogP contribution < -0.4 is 19.9 Å². The van der Waals surface area contributed by atoms with Crippen LogP contribution in [0.3, 0.4) is 0 Å². The molecule has 182 valence electrons. The van der Waals surface area contributed by atoms with E-state index in [-0.39, 0.29) is 0 Å². The van der Waals surface area contributed by atoms with Gasteiger partial charge in [-0.05, 0) is 62.3 Å². The number of benzene rings is 1. The summed E-state index contributed by atoms with van der Waals surface area (Å²) in [5.74, 6) is 3.75. The summed E-state index contributed by atoms with van der Waals surface area (Å²) in [5.41, 5.74) is 1.19. The largest absolute Gasteiger partial charge is 0.497 e. The van der Waals surface area contributed by atoms with Crippen LogP contribution in [0, 0.1) is 5.92 Å². The molecule has 1 amide bonds. The summed E-state index contributed by atoms with van der Waals surface area (Å²) in [4.78, 5) is 28.4. The van der Waals surface area contributed by atoms with Gasteiger partial charge in [-0.3, -0.25) is 4.79 Å². The minimum absolute atomic E-state index is 0.309. The maximum Gasteiger partial charge on any atom is 0.222 e. The smallest absolute Gasteiger partial charge is 0.222 e. The summed E-state index contributed by atoms with van der Waals surface area (Å²) in [6.45, 7) is 5.36. The number of aromatic nitrogens is 2. The number of nitrogens with one attached hydrogen (secondary N) is 1. The summed E-state index contributed by atoms with van der Waals surface area (Å²) in [6.07, 6.45) is 8.03. The molecule has 0 spiro atoms. The second-order valence-electron chi connectivity index (χ2n) is 9.72. The number of amides is 1. The van der Waals surface area contributed by atoms with Gasteiger partial charge in [0.05, 0.1) is 7.11 Å². The van der Waals surface area contributed by atoms with Crippen molar-refractivity contribution < 1.29 is 9.53 Å². The number of rotatable bonds is 8. The van der Waals surface area contributed by atoms with E-state index in [1.807, 2.05) is 17.0 Å². The molecular formula is C26H36N6O2. The minimum Gasteiger partial charge on any atom is -0.497 e. The van der Waals surface area contributed by atoms with E-state index < -0.39 is 0 Å². The molecule has 1 aromatic carbocycles. The van der Waals surface area contributed by atoms with Crippen LogP contribution in [-0.4, -0.2) is 73.2 Å². The van der Waals surface area contributed by atoms with Crippen molar-refractivity contribution in [3.63, 3.8) is 0 Å². The zero-order valence-corrected chi connectivity index (χ0v) is 20.2. The molecule has 8 heteroatoms. The van der Waals surface area contributed by atoms with Crippen LogP contribution in [-0.2, 0) is 4.79 Å². The molecule has 3 aliphatic rings. The number of piperidine rings is 1. The predicted molar refractivity (Wildman–Crippen MR) is 135 cm³/mol. The highest BCUT2D eigenvalue weighted by atomic mass is 16.5. The first kappa shape index (κ1) is 22.7. The summed E-state index contributed by atoms with van der Waals surface area (Å²) >= 11 is 0. The molecule has 2 saturated heterocycles. The Morgan fingerprint density at radius 2 is 1.71 bits per heavy atom. The van der Waals surface area contributed by atoms with E-state index >= 15 is 0 Å². The number of hydrogen-bond acceptors (Lipinski definition) is 7. The van der Waals surface area contributed by atoms with Crippen molar-refractivity contribution in [3.8, 4) is 5.75 Å². The Bertz CT molecular complexity index is 948. The maximum absolute atomic E-state index is 12.8. The zero-order valence-electron chi connectivity index (χ0n) is 20.2. The molecule has 2 aliphatic heterocycles. The molecule has 0 unspecified atom stereocenters. The van der Waals surface area contributed by atoms with Gasteiger partial charge in [-0.25, -0.2) is 9.97 Å². The Labute approximate surface area is 202 Å². The molecule has 3 heterocycles. The first-order chi connectivity index (χ1) is 16.7. The van der Waals surface area contributed by atoms with Crippen molar-refractivity contribution in [1.29, 1.82) is 0 Å². The molecule has 1 aromatic heterocycles. The van der Waals surface area contributed by atoms with E-state index in [0.717, 1.165) is 75.9 Å². The second-order valence-corrected chi connectivity index (χ2v) is 9.72. The van der Waals surface area contributed by atoms with Gasteiger partial charge in [-0.15, -0.1) is 0 Å². The van der Waals surface area contributed by atoms with Crippen LogP contribution in [0.4, 0.5) is 17.3 Å². The topological polar surface area (TPSA) is 73.8 Å². The van der Waals surface area contributed by atoms with Crippen LogP contribution in [0.5, 0.6) is 5.75 Å². The third-order valence-corrected chi connectivity index (χ3v) is 7.36. The fourth-order valence-electron chi connectivity index (χ4n) is 4.98. The normalized spacial score (nSPS) is 19.3. The lowest BCUT2D eigenvalue weighted by Crippen LogP contribution is -2.48. The van der Waals surface area contributed by atoms with Crippen molar-refractivity contribution in [1.82, 2.24) is 14.9 Å². The minimum atomic E-state index is 0.309. The van der Waals surface area contributed by atoms with Gasteiger partial charge < -0.3 is 24.8 Å². The monoisotopic (exact) mass is 464 g/mol. The van der Waals surface area contributed by atoms with Gasteiger partial charge in [0.25, 0.3) is 0 Å². The fraction of sp³-hybridized carbons (Fsp3) is 0.577. The highest BCUT2D eigenvalue weighted by Gasteiger charge is 2.25. The number of ether oxygens (including phenoxy) is 1. The van der Waals surface area contributed by atoms with E-state index in [9.17, 15) is 4.79 Å². The number of methoxy groups -OCH3 is 1. The lowest BCUT2D eigenvalue weighted by atomic mass is 9.92. The number of hydrogen-bond donors (Lipinski definition) is 1. The second kappa shape index (κ2) is 10.5. The molecule has 1 saturated carbocycles. The van der Waals surface area contributed by atoms with Gasteiger partial charge in [0.15, 0.2) is 0 Å². The molecule has 0 atom stereocenters. The number of piperazine rings is 1. The van der Waals surface area contributed by atoms with E-state index in [1.165, 1.54) is 18.5 Å². The van der Waals surface area contributed by atoms with Crippen molar-refractivity contribution >= 4 is 23.2 Å². The van der Waals surface area contributed by atoms with Crippen LogP contribution in [0.2, 0.25) is 0 Å². The van der Waals surface area contributed by atoms with Gasteiger partial charge in [0.1, 0.15) is 23.7 Å². The molecule has 0 radical (unpaired) electrons. The van der Waals surface area contributed by atoms with Crippen LogP contribution >= 0.6 is 0 Å². The van der Waals surface area contributed by atoms with E-state index in [2.05, 4.69) is 43.3 Å². The molecule has 8 nitrogen and oxygen atoms in total. The lowest BCUT2D eigenvalue weighted by Gasteiger charge is -2.37. The van der Waals surface area contributed by atoms with Crippen LogP contribution in [0.25, 0.3) is 0 Å². The van der Waals surface area contributed by atoms with Gasteiger partial charge in [-0.1, -0.05) is 0 Å². The fourth-order valence-corrected chi connectivity index (χ4v) is 4.98. The van der Waals surface area contributed by atoms with E-state index in [1.54, 1.807) is 13.4 Å². The molecule has 2 aromatic rings. The van der Waals surface area contributed by atoms with Crippen LogP contribution in [0.15, 0.2) is 36.7 Å². The summed E-state index contributed by atoms with van der Waals surface area (Å²) < 4.78 is 5.25. The molecule has 1 aliphatic carbocycles. The number of carbonyl (C=O) groups excluding carboxylic acids is 1. The predicted octanol–water partition coefficient (Wildman–Crippen LogP) is 3.40. The average Bonchev–Trinajstić information content (AvgIpc) is 3.72. The van der Waals surface area contributed by atoms with Crippen molar-refractivity contribution in [3.05, 3.63) is 36.7 Å². The van der Waals surface area contributed by atoms with E-state index in [0.29, 0.717) is 24.3 Å². The summed E-state index contributed by atoms with van der Waals surface area (Å²) in [5, 5.41) is 3.46. The average molecular weight is 465 g/mol. The Morgan fingerprint density at radius 3 is 2.38 bits per heavy atom. The molecule has 3 fully saturated rings. The highest BCUT2D eigenvalue weighted by Crippen LogP contribution is 2.28. The molecule has 1 N–H and O–H groups in total. The van der Waals surface area contributed by atoms with Gasteiger partial charge >= 0.3 is 0 Å². The molecular weight excluding hydrogens is 428 g/mol. The third-order valence-electron chi connectivity index (χ3n) is 7.36. The van der Waals surface area contributed by atoms with Gasteiger partial charge in [-0.2, -0.15) is 0 Å². The first-order valence-corrected chi connectivity index (χ1v) is 12.7. The number of carbonyl (C=O) groups is 1. The Hall–Kier alpha value is -3.03. The molecule has 34 heavy (non-hydrogen) atoms. The Morgan fingerprint density at radius 1 is 0.971 bits per heavy atom. The highest BCUT2D eigenvalue weighted by molar-refractivity contribution is 5.76. The maximum atomic E-state index is 12.8. The Balaban J connectivity index is 1.02. The standard InChI is InChI=1S/C26H36N6O2/c1-34-23-7-5-22(6-8-23)30-14-16-32(17-15-30)26(33)9-2-20-10-12-31(13-11-20)25-18-24(27-19-28-25)29-21-3-4-21/h5-8,18-21H,2-4,9-17H2,1H3,(H,27,28,29). The zero-order chi connectivity index (χ0) is 23.3. The quantitative estimate of drug-likeness (QED) is 0.642. The van der Waals surface area contributed by atoms with Gasteiger partial charge in [0.2, 0.25) is 5.91 Å². The third kappa shape index (κ3) is 5.72. The van der Waals surface area contributed by atoms with Crippen molar-refractivity contribution in [2.45, 2.75) is 44.6 Å². The summed E-state index contributed by atoms with van der Waals surface area (Å²) in [6, 6.07) is 10.8. The lowest BCUT2D eigenvalue weighted by molar-refractivity contribution is -0.131. The van der Waals surface area contributed by atoms with Gasteiger partial charge in [0, 0.05) is 63.5 Å². The van der Waals surface area contributed by atoms with Crippen LogP contribution in [0.1, 0.15) is 38.5 Å². The van der Waals surface area contributed by atoms with Crippen molar-refractivity contribution in [2.24, 2.45) is 5.92 Å². The molecule has 5 rings (SSSR count). The number of anilines is 3. The molecule has 0 bridgehead atoms. The number of nitrogens with zero attached hydrogens (tertiary/aromatic N) is 5. The van der Waals surface area contributed by atoms with Crippen molar-refractivity contribution in [2.75, 3.05) is 61.5 Å². The Kier molecular flexibility index (Phi) is 7.02. The first-order valence-electron chi connectivity index (χ1n) is 12.7. The van der Waals surface area contributed by atoms with E-state index in [4.69, 9.17) is 4.74 Å².